The zero-order valence-electron chi connectivity index (χ0n) is 9.17. The van der Waals surface area contributed by atoms with Crippen molar-refractivity contribution in [2.45, 2.75) is 12.8 Å². The molecule has 0 unspecified atom stereocenters. The monoisotopic (exact) mass is 309 g/mol. The third kappa shape index (κ3) is 3.36. The second-order valence-corrected chi connectivity index (χ2v) is 3.82. The maximum absolute atomic E-state index is 12.6. The van der Waals surface area contributed by atoms with Crippen molar-refractivity contribution in [2.24, 2.45) is 0 Å². The van der Waals surface area contributed by atoms with Gasteiger partial charge in [-0.25, -0.2) is 13.8 Å². The highest BCUT2D eigenvalue weighted by molar-refractivity contribution is 9.10. The van der Waals surface area contributed by atoms with Crippen LogP contribution in [0.4, 0.5) is 8.78 Å². The number of carbonyl (C=O) groups is 1. The summed E-state index contributed by atoms with van der Waals surface area (Å²) >= 11 is 2.92. The van der Waals surface area contributed by atoms with Crippen LogP contribution in [0, 0.1) is 0 Å². The van der Waals surface area contributed by atoms with Crippen molar-refractivity contribution in [3.05, 3.63) is 21.9 Å². The minimum atomic E-state index is -2.67. The van der Waals surface area contributed by atoms with E-state index in [9.17, 15) is 13.6 Å². The molecule has 0 N–H and O–H groups in total. The summed E-state index contributed by atoms with van der Waals surface area (Å²) < 4.78 is 34.6. The van der Waals surface area contributed by atoms with Gasteiger partial charge in [0.2, 0.25) is 0 Å². The van der Waals surface area contributed by atoms with E-state index in [-0.39, 0.29) is 28.0 Å². The molecule has 7 heteroatoms. The summed E-state index contributed by atoms with van der Waals surface area (Å²) in [5, 5.41) is 0. The normalized spacial score (nSPS) is 10.5. The first kappa shape index (κ1) is 13.8. The molecule has 0 aliphatic heterocycles. The molecule has 0 amide bonds. The molecule has 0 bridgehead atoms. The van der Waals surface area contributed by atoms with Gasteiger partial charge in [0, 0.05) is 0 Å². The van der Waals surface area contributed by atoms with Crippen molar-refractivity contribution in [1.82, 2.24) is 4.98 Å². The summed E-state index contributed by atoms with van der Waals surface area (Å²) in [6.07, 6.45) is -2.81. The van der Waals surface area contributed by atoms with Crippen LogP contribution in [0.3, 0.4) is 0 Å². The average Bonchev–Trinajstić information content (AvgIpc) is 2.28. The smallest absolute Gasteiger partial charge is 0.311 e. The molecule has 0 atom stereocenters. The SMILES string of the molecule is COC(=O)Cc1nc(Br)c(C(F)F)cc1OC. The van der Waals surface area contributed by atoms with Crippen molar-refractivity contribution in [3.63, 3.8) is 0 Å². The van der Waals surface area contributed by atoms with Crippen LogP contribution in [0.1, 0.15) is 17.7 Å². The van der Waals surface area contributed by atoms with Crippen LogP contribution < -0.4 is 4.74 Å². The lowest BCUT2D eigenvalue weighted by Gasteiger charge is -2.10. The minimum Gasteiger partial charge on any atom is -0.495 e. The van der Waals surface area contributed by atoms with Crippen LogP contribution in [0.5, 0.6) is 5.75 Å². The first-order valence-corrected chi connectivity index (χ1v) is 5.37. The standard InChI is InChI=1S/C10H10BrF2NO3/c1-16-7-3-5(10(12)13)9(11)14-6(7)4-8(15)17-2/h3,10H,4H2,1-2H3. The molecular formula is C10H10BrF2NO3. The summed E-state index contributed by atoms with van der Waals surface area (Å²) in [4.78, 5) is 15.0. The van der Waals surface area contributed by atoms with Gasteiger partial charge in [0.1, 0.15) is 10.4 Å². The van der Waals surface area contributed by atoms with Crippen molar-refractivity contribution in [3.8, 4) is 5.75 Å². The van der Waals surface area contributed by atoms with E-state index in [4.69, 9.17) is 4.74 Å². The van der Waals surface area contributed by atoms with E-state index < -0.39 is 12.4 Å². The largest absolute Gasteiger partial charge is 0.495 e. The van der Waals surface area contributed by atoms with Gasteiger partial charge in [0.05, 0.1) is 31.9 Å². The van der Waals surface area contributed by atoms with E-state index in [1.807, 2.05) is 0 Å². The quantitative estimate of drug-likeness (QED) is 0.633. The fraction of sp³-hybridized carbons (Fsp3) is 0.400. The number of rotatable bonds is 4. The molecule has 0 spiro atoms. The van der Waals surface area contributed by atoms with Crippen LogP contribution in [-0.4, -0.2) is 25.2 Å². The van der Waals surface area contributed by atoms with Crippen LogP contribution in [-0.2, 0) is 16.0 Å². The number of aromatic nitrogens is 1. The molecule has 4 nitrogen and oxygen atoms in total. The Bertz CT molecular complexity index is 426. The molecule has 0 aliphatic rings. The van der Waals surface area contributed by atoms with Crippen molar-refractivity contribution >= 4 is 21.9 Å². The molecule has 17 heavy (non-hydrogen) atoms. The molecule has 94 valence electrons. The van der Waals surface area contributed by atoms with E-state index in [2.05, 4.69) is 25.7 Å². The summed E-state index contributed by atoms with van der Waals surface area (Å²) in [6.45, 7) is 0. The van der Waals surface area contributed by atoms with Gasteiger partial charge >= 0.3 is 5.97 Å². The van der Waals surface area contributed by atoms with Crippen LogP contribution >= 0.6 is 15.9 Å². The molecule has 0 fully saturated rings. The third-order valence-electron chi connectivity index (χ3n) is 2.04. The van der Waals surface area contributed by atoms with Gasteiger partial charge in [0.15, 0.2) is 0 Å². The number of nitrogens with zero attached hydrogens (tertiary/aromatic N) is 1. The zero-order valence-corrected chi connectivity index (χ0v) is 10.8. The van der Waals surface area contributed by atoms with Gasteiger partial charge < -0.3 is 9.47 Å². The Labute approximate surface area is 105 Å². The van der Waals surface area contributed by atoms with Crippen LogP contribution in [0.15, 0.2) is 10.7 Å². The summed E-state index contributed by atoms with van der Waals surface area (Å²) in [6, 6.07) is 1.15. The van der Waals surface area contributed by atoms with Crippen molar-refractivity contribution in [2.75, 3.05) is 14.2 Å². The van der Waals surface area contributed by atoms with E-state index in [0.717, 1.165) is 6.07 Å². The molecule has 0 saturated heterocycles. The van der Waals surface area contributed by atoms with E-state index in [1.54, 1.807) is 0 Å². The van der Waals surface area contributed by atoms with E-state index in [0.29, 0.717) is 0 Å². The molecule has 0 aromatic carbocycles. The zero-order chi connectivity index (χ0) is 13.0. The fourth-order valence-electron chi connectivity index (χ4n) is 1.19. The number of hydrogen-bond donors (Lipinski definition) is 0. The van der Waals surface area contributed by atoms with Gasteiger partial charge in [-0.05, 0) is 22.0 Å². The van der Waals surface area contributed by atoms with Gasteiger partial charge in [0.25, 0.3) is 6.43 Å². The number of carbonyl (C=O) groups excluding carboxylic acids is 1. The Morgan fingerprint density at radius 1 is 1.53 bits per heavy atom. The number of halogens is 3. The highest BCUT2D eigenvalue weighted by Crippen LogP contribution is 2.31. The van der Waals surface area contributed by atoms with Crippen LogP contribution in [0.25, 0.3) is 0 Å². The van der Waals surface area contributed by atoms with Crippen LogP contribution in [0.2, 0.25) is 0 Å². The number of alkyl halides is 2. The maximum Gasteiger partial charge on any atom is 0.311 e. The predicted octanol–water partition coefficient (Wildman–Crippen LogP) is 2.51. The lowest BCUT2D eigenvalue weighted by Crippen LogP contribution is -2.09. The van der Waals surface area contributed by atoms with Gasteiger partial charge in [-0.15, -0.1) is 0 Å². The Balaban J connectivity index is 3.14. The Morgan fingerprint density at radius 2 is 2.18 bits per heavy atom. The highest BCUT2D eigenvalue weighted by atomic mass is 79.9. The van der Waals surface area contributed by atoms with Crippen molar-refractivity contribution < 1.29 is 23.0 Å². The maximum atomic E-state index is 12.6. The number of ether oxygens (including phenoxy) is 2. The molecular weight excluding hydrogens is 300 g/mol. The molecule has 1 aromatic heterocycles. The highest BCUT2D eigenvalue weighted by Gasteiger charge is 2.19. The van der Waals surface area contributed by atoms with Crippen molar-refractivity contribution in [1.29, 1.82) is 0 Å². The lowest BCUT2D eigenvalue weighted by molar-refractivity contribution is -0.139. The second-order valence-electron chi connectivity index (χ2n) is 3.07. The predicted molar refractivity (Wildman–Crippen MR) is 59.2 cm³/mol. The number of esters is 1. The third-order valence-corrected chi connectivity index (χ3v) is 2.67. The Kier molecular flexibility index (Phi) is 4.80. The number of pyridine rings is 1. The molecule has 1 rings (SSSR count). The first-order valence-electron chi connectivity index (χ1n) is 4.57. The summed E-state index contributed by atoms with van der Waals surface area (Å²) in [5.41, 5.74) is -0.0360. The van der Waals surface area contributed by atoms with E-state index in [1.165, 1.54) is 14.2 Å². The Morgan fingerprint density at radius 3 is 2.65 bits per heavy atom. The molecule has 1 heterocycles. The Hall–Kier alpha value is -1.24. The first-order chi connectivity index (χ1) is 7.99. The fourth-order valence-corrected chi connectivity index (χ4v) is 1.69. The average molecular weight is 310 g/mol. The molecule has 0 saturated carbocycles. The number of hydrogen-bond acceptors (Lipinski definition) is 4. The van der Waals surface area contributed by atoms with Gasteiger partial charge in [-0.3, -0.25) is 4.79 Å². The lowest BCUT2D eigenvalue weighted by atomic mass is 10.2. The topological polar surface area (TPSA) is 48.4 Å². The molecule has 0 aliphatic carbocycles. The van der Waals surface area contributed by atoms with E-state index >= 15 is 0 Å². The van der Waals surface area contributed by atoms with Gasteiger partial charge in [-0.1, -0.05) is 0 Å². The summed E-state index contributed by atoms with van der Waals surface area (Å²) in [5.74, 6) is -0.388. The molecule has 1 aromatic rings. The number of methoxy groups -OCH3 is 2. The second kappa shape index (κ2) is 5.90. The molecule has 0 radical (unpaired) electrons. The minimum absolute atomic E-state index is 0.00722. The summed E-state index contributed by atoms with van der Waals surface area (Å²) in [7, 11) is 2.55. The van der Waals surface area contributed by atoms with Gasteiger partial charge in [-0.2, -0.15) is 0 Å².